The quantitative estimate of drug-likeness (QED) is 0.359. The Morgan fingerprint density at radius 2 is 2.00 bits per heavy atom. The number of amides is 1. The highest BCUT2D eigenvalue weighted by Gasteiger charge is 2.49. The monoisotopic (exact) mass is 453 g/mol. The van der Waals surface area contributed by atoms with E-state index in [-0.39, 0.29) is 28.9 Å². The number of unbranched alkanes of at least 4 members (excludes halogenated alkanes) is 3. The van der Waals surface area contributed by atoms with E-state index in [4.69, 9.17) is 11.2 Å². The summed E-state index contributed by atoms with van der Waals surface area (Å²) < 4.78 is 6.57. The van der Waals surface area contributed by atoms with Crippen molar-refractivity contribution in [3.63, 3.8) is 0 Å². The van der Waals surface area contributed by atoms with Crippen molar-refractivity contribution in [2.24, 2.45) is 5.92 Å². The van der Waals surface area contributed by atoms with Crippen LogP contribution in [-0.2, 0) is 10.2 Å². The van der Waals surface area contributed by atoms with Gasteiger partial charge in [0.1, 0.15) is 17.1 Å². The number of ether oxygens (including phenoxy) is 1. The van der Waals surface area contributed by atoms with E-state index >= 15 is 0 Å². The van der Waals surface area contributed by atoms with E-state index in [0.717, 1.165) is 42.6 Å². The van der Waals surface area contributed by atoms with E-state index < -0.39 is 0 Å². The third kappa shape index (κ3) is 5.34. The SMILES string of the molecule is C#CCN(C(C)=O)C1CC[C@@H]2[C@@H](C1)c1c(O)cc(C(C)(C)CCCCCC)cc1OC2(C)C. The zero-order valence-corrected chi connectivity index (χ0v) is 21.5. The molecule has 0 spiro atoms. The van der Waals surface area contributed by atoms with Gasteiger partial charge in [-0.3, -0.25) is 4.79 Å². The van der Waals surface area contributed by atoms with E-state index in [1.807, 2.05) is 11.0 Å². The molecule has 1 amide bonds. The van der Waals surface area contributed by atoms with Crippen LogP contribution in [0.3, 0.4) is 0 Å². The lowest BCUT2D eigenvalue weighted by atomic mass is 9.64. The fraction of sp³-hybridized carbons (Fsp3) is 0.690. The van der Waals surface area contributed by atoms with Crippen LogP contribution in [0.25, 0.3) is 0 Å². The van der Waals surface area contributed by atoms with Gasteiger partial charge in [-0.25, -0.2) is 0 Å². The predicted molar refractivity (Wildman–Crippen MR) is 135 cm³/mol. The first kappa shape index (κ1) is 25.5. The molecule has 0 aromatic heterocycles. The zero-order chi connectivity index (χ0) is 24.4. The molecule has 1 aliphatic heterocycles. The summed E-state index contributed by atoms with van der Waals surface area (Å²) in [5, 5.41) is 11.3. The third-order valence-electron chi connectivity index (χ3n) is 8.12. The highest BCUT2D eigenvalue weighted by Crippen LogP contribution is 2.55. The molecular formula is C29H43NO3. The van der Waals surface area contributed by atoms with Gasteiger partial charge in [-0.2, -0.15) is 0 Å². The molecule has 1 heterocycles. The highest BCUT2D eigenvalue weighted by atomic mass is 16.5. The molecular weight excluding hydrogens is 410 g/mol. The normalized spacial score (nSPS) is 23.6. The molecule has 1 aliphatic carbocycles. The van der Waals surface area contributed by atoms with E-state index in [1.165, 1.54) is 25.7 Å². The van der Waals surface area contributed by atoms with Crippen molar-refractivity contribution in [3.05, 3.63) is 23.3 Å². The molecule has 1 fully saturated rings. The highest BCUT2D eigenvalue weighted by molar-refractivity contribution is 5.74. The van der Waals surface area contributed by atoms with Gasteiger partial charge in [-0.05, 0) is 68.6 Å². The maximum atomic E-state index is 12.3. The van der Waals surface area contributed by atoms with Crippen molar-refractivity contribution in [1.29, 1.82) is 0 Å². The lowest BCUT2D eigenvalue weighted by molar-refractivity contribution is -0.132. The largest absolute Gasteiger partial charge is 0.508 e. The fourth-order valence-corrected chi connectivity index (χ4v) is 6.14. The molecule has 2 aliphatic rings. The van der Waals surface area contributed by atoms with Gasteiger partial charge in [0.15, 0.2) is 0 Å². The van der Waals surface area contributed by atoms with Crippen molar-refractivity contribution >= 4 is 5.91 Å². The molecule has 0 bridgehead atoms. The van der Waals surface area contributed by atoms with Crippen LogP contribution in [0.2, 0.25) is 0 Å². The number of hydrogen-bond donors (Lipinski definition) is 1. The number of rotatable bonds is 8. The smallest absolute Gasteiger partial charge is 0.220 e. The van der Waals surface area contributed by atoms with Crippen molar-refractivity contribution in [1.82, 2.24) is 4.90 Å². The van der Waals surface area contributed by atoms with Gasteiger partial charge in [0.2, 0.25) is 5.91 Å². The summed E-state index contributed by atoms with van der Waals surface area (Å²) in [5.41, 5.74) is 1.69. The Kier molecular flexibility index (Phi) is 7.72. The van der Waals surface area contributed by atoms with Crippen LogP contribution in [0, 0.1) is 18.3 Å². The second-order valence-corrected chi connectivity index (χ2v) is 11.3. The van der Waals surface area contributed by atoms with Gasteiger partial charge in [0.25, 0.3) is 0 Å². The van der Waals surface area contributed by atoms with Crippen LogP contribution in [-0.4, -0.2) is 34.1 Å². The zero-order valence-electron chi connectivity index (χ0n) is 21.5. The van der Waals surface area contributed by atoms with E-state index in [1.54, 1.807) is 6.92 Å². The van der Waals surface area contributed by atoms with Gasteiger partial charge in [-0.1, -0.05) is 52.4 Å². The molecule has 3 rings (SSSR count). The molecule has 1 N–H and O–H groups in total. The third-order valence-corrected chi connectivity index (χ3v) is 8.12. The molecule has 1 unspecified atom stereocenters. The van der Waals surface area contributed by atoms with Crippen LogP contribution in [0.4, 0.5) is 0 Å². The maximum Gasteiger partial charge on any atom is 0.220 e. The summed E-state index contributed by atoms with van der Waals surface area (Å²) in [7, 11) is 0. The number of aromatic hydroxyl groups is 1. The number of benzene rings is 1. The molecule has 4 heteroatoms. The molecule has 33 heavy (non-hydrogen) atoms. The van der Waals surface area contributed by atoms with Crippen molar-refractivity contribution in [2.75, 3.05) is 6.54 Å². The van der Waals surface area contributed by atoms with Gasteiger partial charge in [0, 0.05) is 24.4 Å². The van der Waals surface area contributed by atoms with Crippen molar-refractivity contribution < 1.29 is 14.6 Å². The number of fused-ring (bicyclic) bond motifs is 3. The second-order valence-electron chi connectivity index (χ2n) is 11.3. The van der Waals surface area contributed by atoms with Crippen LogP contribution in [0.5, 0.6) is 11.5 Å². The first-order chi connectivity index (χ1) is 15.5. The first-order valence-corrected chi connectivity index (χ1v) is 12.8. The number of phenolic OH excluding ortho intramolecular Hbond substituents is 1. The molecule has 1 saturated carbocycles. The maximum absolute atomic E-state index is 12.3. The van der Waals surface area contributed by atoms with E-state index in [0.29, 0.717) is 18.2 Å². The van der Waals surface area contributed by atoms with Crippen LogP contribution >= 0.6 is 0 Å². The summed E-state index contributed by atoms with van der Waals surface area (Å²) in [6.07, 6.45) is 14.2. The Hall–Kier alpha value is -2.15. The minimum atomic E-state index is -0.327. The molecule has 1 aromatic rings. The van der Waals surface area contributed by atoms with Crippen molar-refractivity contribution in [3.8, 4) is 23.8 Å². The topological polar surface area (TPSA) is 49.8 Å². The average Bonchev–Trinajstić information content (AvgIpc) is 2.73. The Morgan fingerprint density at radius 3 is 2.64 bits per heavy atom. The Morgan fingerprint density at radius 1 is 1.27 bits per heavy atom. The summed E-state index contributed by atoms with van der Waals surface area (Å²) >= 11 is 0. The number of carbonyl (C=O) groups is 1. The molecule has 0 saturated heterocycles. The van der Waals surface area contributed by atoms with Crippen LogP contribution in [0.15, 0.2) is 12.1 Å². The fourth-order valence-electron chi connectivity index (χ4n) is 6.14. The molecule has 4 nitrogen and oxygen atoms in total. The average molecular weight is 454 g/mol. The van der Waals surface area contributed by atoms with Gasteiger partial charge >= 0.3 is 0 Å². The summed E-state index contributed by atoms with van der Waals surface area (Å²) in [5.74, 6) is 4.24. The standard InChI is InChI=1S/C29H43NO3/c1-8-10-11-12-15-28(4,5)21-17-25(32)27-23-19-22(30(16-9-2)20(3)31)13-14-24(23)29(6,7)33-26(27)18-21/h2,17-18,22-24,32H,8,10-16,19H2,1,3-7H3/t22?,23-,24-/m1/s1. The number of terminal acetylenes is 1. The van der Waals surface area contributed by atoms with Gasteiger partial charge < -0.3 is 14.7 Å². The van der Waals surface area contributed by atoms with Crippen LogP contribution in [0.1, 0.15) is 110 Å². The summed E-state index contributed by atoms with van der Waals surface area (Å²) in [6.45, 7) is 13.0. The lowest BCUT2D eigenvalue weighted by Crippen LogP contribution is -2.51. The lowest BCUT2D eigenvalue weighted by Gasteiger charge is -2.50. The Balaban J connectivity index is 1.93. The van der Waals surface area contributed by atoms with Crippen LogP contribution < -0.4 is 4.74 Å². The molecule has 0 radical (unpaired) electrons. The second kappa shape index (κ2) is 10.00. The number of nitrogens with zero attached hydrogens (tertiary/aromatic N) is 1. The molecule has 182 valence electrons. The van der Waals surface area contributed by atoms with E-state index in [2.05, 4.69) is 46.6 Å². The minimum Gasteiger partial charge on any atom is -0.508 e. The van der Waals surface area contributed by atoms with Crippen molar-refractivity contribution in [2.45, 2.75) is 116 Å². The number of phenols is 1. The summed E-state index contributed by atoms with van der Waals surface area (Å²) in [6, 6.07) is 4.22. The van der Waals surface area contributed by atoms with Gasteiger partial charge in [-0.15, -0.1) is 6.42 Å². The number of hydrogen-bond acceptors (Lipinski definition) is 3. The predicted octanol–water partition coefficient (Wildman–Crippen LogP) is 6.55. The Bertz CT molecular complexity index is 895. The number of carbonyl (C=O) groups excluding carboxylic acids is 1. The molecule has 1 aromatic carbocycles. The molecule has 3 atom stereocenters. The van der Waals surface area contributed by atoms with E-state index in [9.17, 15) is 9.90 Å². The Labute approximate surface area is 201 Å². The first-order valence-electron chi connectivity index (χ1n) is 12.8. The van der Waals surface area contributed by atoms with Gasteiger partial charge in [0.05, 0.1) is 6.54 Å². The minimum absolute atomic E-state index is 0.0207. The summed E-state index contributed by atoms with van der Waals surface area (Å²) in [4.78, 5) is 14.1.